The first-order chi connectivity index (χ1) is 11.8. The summed E-state index contributed by atoms with van der Waals surface area (Å²) in [6.07, 6.45) is 3.27. The molecule has 3 rings (SSSR count). The van der Waals surface area contributed by atoms with E-state index in [4.69, 9.17) is 10.2 Å². The SMILES string of the molecule is CC(C)(C(N)=O)c1cc(-c2ccc(O)c(O)c2)c(-c2ccncc2)o1. The Hall–Kier alpha value is -3.28. The maximum Gasteiger partial charge on any atom is 0.230 e. The van der Waals surface area contributed by atoms with Gasteiger partial charge in [0.2, 0.25) is 5.91 Å². The number of nitrogens with two attached hydrogens (primary N) is 1. The van der Waals surface area contributed by atoms with Gasteiger partial charge in [-0.15, -0.1) is 0 Å². The zero-order chi connectivity index (χ0) is 18.2. The number of pyridine rings is 1. The van der Waals surface area contributed by atoms with Crippen LogP contribution in [0.15, 0.2) is 53.2 Å². The van der Waals surface area contributed by atoms with Crippen molar-refractivity contribution in [3.8, 4) is 33.9 Å². The fourth-order valence-corrected chi connectivity index (χ4v) is 2.44. The number of rotatable bonds is 4. The van der Waals surface area contributed by atoms with Gasteiger partial charge in [0, 0.05) is 23.5 Å². The average molecular weight is 338 g/mol. The van der Waals surface area contributed by atoms with Crippen molar-refractivity contribution in [2.45, 2.75) is 19.3 Å². The Bertz CT molecular complexity index is 930. The quantitative estimate of drug-likeness (QED) is 0.633. The fourth-order valence-electron chi connectivity index (χ4n) is 2.44. The Balaban J connectivity index is 2.24. The van der Waals surface area contributed by atoms with Crippen molar-refractivity contribution in [1.82, 2.24) is 4.98 Å². The number of hydrogen-bond acceptors (Lipinski definition) is 5. The number of nitrogens with zero attached hydrogens (tertiary/aromatic N) is 1. The third-order valence-electron chi connectivity index (χ3n) is 4.19. The van der Waals surface area contributed by atoms with Crippen molar-refractivity contribution in [3.05, 3.63) is 54.6 Å². The predicted octanol–water partition coefficient (Wildman–Crippen LogP) is 3.18. The van der Waals surface area contributed by atoms with Gasteiger partial charge in [-0.1, -0.05) is 6.07 Å². The lowest BCUT2D eigenvalue weighted by molar-refractivity contribution is -0.122. The van der Waals surface area contributed by atoms with E-state index in [9.17, 15) is 15.0 Å². The summed E-state index contributed by atoms with van der Waals surface area (Å²) >= 11 is 0. The van der Waals surface area contributed by atoms with Crippen LogP contribution in [0.2, 0.25) is 0 Å². The molecular weight excluding hydrogens is 320 g/mol. The number of hydrogen-bond donors (Lipinski definition) is 3. The Morgan fingerprint density at radius 3 is 2.32 bits per heavy atom. The molecule has 4 N–H and O–H groups in total. The lowest BCUT2D eigenvalue weighted by Crippen LogP contribution is -2.35. The topological polar surface area (TPSA) is 110 Å². The van der Waals surface area contributed by atoms with Crippen molar-refractivity contribution >= 4 is 5.91 Å². The second-order valence-corrected chi connectivity index (χ2v) is 6.28. The van der Waals surface area contributed by atoms with Crippen LogP contribution in [0.25, 0.3) is 22.5 Å². The van der Waals surface area contributed by atoms with Crippen LogP contribution in [0.4, 0.5) is 0 Å². The van der Waals surface area contributed by atoms with E-state index in [1.807, 2.05) is 0 Å². The molecule has 0 atom stereocenters. The van der Waals surface area contributed by atoms with E-state index in [0.717, 1.165) is 5.56 Å². The molecule has 0 bridgehead atoms. The first-order valence-corrected chi connectivity index (χ1v) is 7.67. The Kier molecular flexibility index (Phi) is 3.96. The van der Waals surface area contributed by atoms with Gasteiger partial charge in [0.25, 0.3) is 0 Å². The fraction of sp³-hybridized carbons (Fsp3) is 0.158. The second kappa shape index (κ2) is 5.98. The summed E-state index contributed by atoms with van der Waals surface area (Å²) in [7, 11) is 0. The van der Waals surface area contributed by atoms with Gasteiger partial charge in [-0.05, 0) is 49.7 Å². The lowest BCUT2D eigenvalue weighted by Gasteiger charge is -2.16. The van der Waals surface area contributed by atoms with Gasteiger partial charge in [-0.2, -0.15) is 0 Å². The largest absolute Gasteiger partial charge is 0.504 e. The van der Waals surface area contributed by atoms with Crippen LogP contribution in [-0.4, -0.2) is 21.1 Å². The van der Waals surface area contributed by atoms with Crippen LogP contribution in [-0.2, 0) is 10.2 Å². The molecule has 3 aromatic rings. The Morgan fingerprint density at radius 1 is 1.04 bits per heavy atom. The number of phenolic OH excluding ortho intramolecular Hbond substituents is 2. The van der Waals surface area contributed by atoms with Gasteiger partial charge in [-0.25, -0.2) is 0 Å². The molecule has 0 aliphatic carbocycles. The van der Waals surface area contributed by atoms with Crippen molar-refractivity contribution in [2.75, 3.05) is 0 Å². The molecule has 0 saturated carbocycles. The molecule has 25 heavy (non-hydrogen) atoms. The molecule has 6 nitrogen and oxygen atoms in total. The molecule has 0 aliphatic heterocycles. The van der Waals surface area contributed by atoms with Gasteiger partial charge >= 0.3 is 0 Å². The third kappa shape index (κ3) is 2.94. The van der Waals surface area contributed by atoms with Gasteiger partial charge < -0.3 is 20.4 Å². The summed E-state index contributed by atoms with van der Waals surface area (Å²) in [5, 5.41) is 19.4. The second-order valence-electron chi connectivity index (χ2n) is 6.28. The molecule has 0 saturated heterocycles. The Labute approximate surface area is 144 Å². The number of aromatic nitrogens is 1. The molecule has 128 valence electrons. The number of aromatic hydroxyl groups is 2. The highest BCUT2D eigenvalue weighted by atomic mass is 16.3. The molecule has 0 aliphatic rings. The van der Waals surface area contributed by atoms with Crippen LogP contribution < -0.4 is 5.73 Å². The highest BCUT2D eigenvalue weighted by Gasteiger charge is 2.33. The molecular formula is C19H18N2O4. The maximum atomic E-state index is 11.8. The minimum atomic E-state index is -1.00. The highest BCUT2D eigenvalue weighted by Crippen LogP contribution is 2.41. The number of primary amides is 1. The smallest absolute Gasteiger partial charge is 0.230 e. The zero-order valence-electron chi connectivity index (χ0n) is 13.9. The average Bonchev–Trinajstić information content (AvgIpc) is 3.04. The van der Waals surface area contributed by atoms with E-state index in [2.05, 4.69) is 4.98 Å². The van der Waals surface area contributed by atoms with Crippen molar-refractivity contribution in [2.24, 2.45) is 5.73 Å². The molecule has 1 aromatic carbocycles. The van der Waals surface area contributed by atoms with Gasteiger partial charge in [0.05, 0.1) is 0 Å². The van der Waals surface area contributed by atoms with E-state index in [-0.39, 0.29) is 11.5 Å². The highest BCUT2D eigenvalue weighted by molar-refractivity contribution is 5.87. The maximum absolute atomic E-state index is 11.8. The summed E-state index contributed by atoms with van der Waals surface area (Å²) in [6, 6.07) is 9.78. The van der Waals surface area contributed by atoms with E-state index >= 15 is 0 Å². The Morgan fingerprint density at radius 2 is 1.72 bits per heavy atom. The summed E-state index contributed by atoms with van der Waals surface area (Å²) in [5.74, 6) is -0.0284. The number of furan rings is 1. The predicted molar refractivity (Wildman–Crippen MR) is 92.9 cm³/mol. The molecule has 6 heteroatoms. The number of carbonyl (C=O) groups is 1. The van der Waals surface area contributed by atoms with E-state index in [1.165, 1.54) is 12.1 Å². The van der Waals surface area contributed by atoms with Gasteiger partial charge in [0.15, 0.2) is 11.5 Å². The monoisotopic (exact) mass is 338 g/mol. The lowest BCUT2D eigenvalue weighted by atomic mass is 9.89. The van der Waals surface area contributed by atoms with Crippen LogP contribution >= 0.6 is 0 Å². The molecule has 0 unspecified atom stereocenters. The molecule has 2 heterocycles. The van der Waals surface area contributed by atoms with Crippen LogP contribution in [0, 0.1) is 0 Å². The van der Waals surface area contributed by atoms with Crippen LogP contribution in [0.5, 0.6) is 11.5 Å². The van der Waals surface area contributed by atoms with E-state index < -0.39 is 11.3 Å². The number of carbonyl (C=O) groups excluding carboxylic acids is 1. The summed E-state index contributed by atoms with van der Waals surface area (Å²) < 4.78 is 5.98. The molecule has 0 radical (unpaired) electrons. The molecule has 2 aromatic heterocycles. The normalized spacial score (nSPS) is 11.4. The molecule has 0 fully saturated rings. The summed E-state index contributed by atoms with van der Waals surface area (Å²) in [4.78, 5) is 15.8. The molecule has 1 amide bonds. The third-order valence-corrected chi connectivity index (χ3v) is 4.19. The van der Waals surface area contributed by atoms with Gasteiger partial charge in [-0.3, -0.25) is 9.78 Å². The van der Waals surface area contributed by atoms with Crippen molar-refractivity contribution < 1.29 is 19.4 Å². The van der Waals surface area contributed by atoms with E-state index in [0.29, 0.717) is 22.6 Å². The van der Waals surface area contributed by atoms with Crippen LogP contribution in [0.1, 0.15) is 19.6 Å². The van der Waals surface area contributed by atoms with Gasteiger partial charge in [0.1, 0.15) is 16.9 Å². The molecule has 0 spiro atoms. The van der Waals surface area contributed by atoms with E-state index in [1.54, 1.807) is 50.5 Å². The van der Waals surface area contributed by atoms with Crippen molar-refractivity contribution in [1.29, 1.82) is 0 Å². The minimum Gasteiger partial charge on any atom is -0.504 e. The zero-order valence-corrected chi connectivity index (χ0v) is 13.9. The first kappa shape index (κ1) is 16.6. The van der Waals surface area contributed by atoms with Crippen LogP contribution in [0.3, 0.4) is 0 Å². The number of amides is 1. The minimum absolute atomic E-state index is 0.213. The first-order valence-electron chi connectivity index (χ1n) is 7.67. The number of benzene rings is 1. The summed E-state index contributed by atoms with van der Waals surface area (Å²) in [5.41, 5.74) is 6.58. The summed E-state index contributed by atoms with van der Waals surface area (Å²) in [6.45, 7) is 3.37. The standard InChI is InChI=1S/C19H18N2O4/c1-19(2,18(20)24)16-10-13(12-3-4-14(22)15(23)9-12)17(25-16)11-5-7-21-8-6-11/h3-10,22-23H,1-2H3,(H2,20,24). The van der Waals surface area contributed by atoms with Crippen molar-refractivity contribution in [3.63, 3.8) is 0 Å². The number of phenols is 2.